The molecule has 3 aromatic rings. The first-order valence-corrected chi connectivity index (χ1v) is 6.98. The SMILES string of the molecule is CC(=O)c1cc(-c2ccc(CF)cc2)c2ccc(F)cc2c1. The third-order valence-electron chi connectivity index (χ3n) is 3.74. The van der Waals surface area contributed by atoms with Crippen LogP contribution in [-0.2, 0) is 6.67 Å². The number of hydrogen-bond acceptors (Lipinski definition) is 1. The fourth-order valence-corrected chi connectivity index (χ4v) is 2.56. The Morgan fingerprint density at radius 1 is 1.00 bits per heavy atom. The molecular formula is C19H14F2O. The van der Waals surface area contributed by atoms with Gasteiger partial charge in [-0.2, -0.15) is 0 Å². The summed E-state index contributed by atoms with van der Waals surface area (Å²) in [6, 6.07) is 15.1. The van der Waals surface area contributed by atoms with Crippen LogP contribution in [0.2, 0.25) is 0 Å². The van der Waals surface area contributed by atoms with E-state index < -0.39 is 6.67 Å². The Bertz CT molecular complexity index is 851. The molecule has 0 amide bonds. The number of carbonyl (C=O) groups excluding carboxylic acids is 1. The first kappa shape index (κ1) is 14.4. The molecule has 0 aliphatic carbocycles. The molecule has 0 aliphatic rings. The maximum Gasteiger partial charge on any atom is 0.159 e. The van der Waals surface area contributed by atoms with Gasteiger partial charge >= 0.3 is 0 Å². The first-order chi connectivity index (χ1) is 10.6. The summed E-state index contributed by atoms with van der Waals surface area (Å²) in [4.78, 5) is 11.7. The number of fused-ring (bicyclic) bond motifs is 1. The number of ketones is 1. The van der Waals surface area contributed by atoms with Crippen molar-refractivity contribution >= 4 is 16.6 Å². The van der Waals surface area contributed by atoms with E-state index in [1.165, 1.54) is 19.1 Å². The largest absolute Gasteiger partial charge is 0.295 e. The molecule has 110 valence electrons. The molecule has 3 heteroatoms. The van der Waals surface area contributed by atoms with Crippen LogP contribution in [0, 0.1) is 5.82 Å². The predicted octanol–water partition coefficient (Wildman–Crippen LogP) is 5.32. The van der Waals surface area contributed by atoms with Gasteiger partial charge in [0.05, 0.1) is 0 Å². The van der Waals surface area contributed by atoms with E-state index in [1.54, 1.807) is 30.3 Å². The van der Waals surface area contributed by atoms with Gasteiger partial charge in [-0.15, -0.1) is 0 Å². The van der Waals surface area contributed by atoms with Crippen molar-refractivity contribution in [2.75, 3.05) is 0 Å². The lowest BCUT2D eigenvalue weighted by Gasteiger charge is -2.10. The maximum absolute atomic E-state index is 13.5. The third kappa shape index (κ3) is 2.62. The Kier molecular flexibility index (Phi) is 3.72. The molecule has 1 nitrogen and oxygen atoms in total. The van der Waals surface area contributed by atoms with Gasteiger partial charge in [-0.05, 0) is 58.7 Å². The van der Waals surface area contributed by atoms with Crippen molar-refractivity contribution in [2.45, 2.75) is 13.6 Å². The maximum atomic E-state index is 13.5. The van der Waals surface area contributed by atoms with Gasteiger partial charge < -0.3 is 0 Å². The number of benzene rings is 3. The average molecular weight is 296 g/mol. The van der Waals surface area contributed by atoms with Crippen molar-refractivity contribution < 1.29 is 13.6 Å². The van der Waals surface area contributed by atoms with E-state index in [1.807, 2.05) is 12.1 Å². The van der Waals surface area contributed by atoms with Crippen molar-refractivity contribution in [1.29, 1.82) is 0 Å². The van der Waals surface area contributed by atoms with Crippen molar-refractivity contribution in [3.63, 3.8) is 0 Å². The number of hydrogen-bond donors (Lipinski definition) is 0. The highest BCUT2D eigenvalue weighted by Crippen LogP contribution is 2.31. The minimum Gasteiger partial charge on any atom is -0.295 e. The van der Waals surface area contributed by atoms with Crippen LogP contribution in [0.4, 0.5) is 8.78 Å². The predicted molar refractivity (Wildman–Crippen MR) is 84.2 cm³/mol. The summed E-state index contributed by atoms with van der Waals surface area (Å²) in [5.74, 6) is -0.417. The van der Waals surface area contributed by atoms with Gasteiger partial charge in [0, 0.05) is 5.56 Å². The first-order valence-electron chi connectivity index (χ1n) is 6.98. The van der Waals surface area contributed by atoms with Gasteiger partial charge in [0.2, 0.25) is 0 Å². The van der Waals surface area contributed by atoms with Gasteiger partial charge in [0.1, 0.15) is 12.5 Å². The Labute approximate surface area is 127 Å². The summed E-state index contributed by atoms with van der Waals surface area (Å²) >= 11 is 0. The molecule has 0 unspecified atom stereocenters. The van der Waals surface area contributed by atoms with Crippen LogP contribution in [0.25, 0.3) is 21.9 Å². The second-order valence-electron chi connectivity index (χ2n) is 5.28. The van der Waals surface area contributed by atoms with Crippen molar-refractivity contribution in [3.05, 3.63) is 71.5 Å². The molecule has 0 radical (unpaired) electrons. The molecule has 0 spiro atoms. The highest BCUT2D eigenvalue weighted by atomic mass is 19.1. The van der Waals surface area contributed by atoms with E-state index in [0.717, 1.165) is 16.5 Å². The van der Waals surface area contributed by atoms with E-state index >= 15 is 0 Å². The van der Waals surface area contributed by atoms with Gasteiger partial charge in [-0.1, -0.05) is 30.3 Å². The molecular weight excluding hydrogens is 282 g/mol. The molecule has 22 heavy (non-hydrogen) atoms. The lowest BCUT2D eigenvalue weighted by molar-refractivity contribution is 0.101. The fraction of sp³-hybridized carbons (Fsp3) is 0.105. The Hall–Kier alpha value is -2.55. The number of carbonyl (C=O) groups is 1. The second kappa shape index (κ2) is 5.68. The van der Waals surface area contributed by atoms with Crippen molar-refractivity contribution in [2.24, 2.45) is 0 Å². The second-order valence-corrected chi connectivity index (χ2v) is 5.28. The van der Waals surface area contributed by atoms with E-state index in [2.05, 4.69) is 0 Å². The molecule has 3 rings (SSSR count). The molecule has 0 saturated heterocycles. The molecule has 0 N–H and O–H groups in total. The Morgan fingerprint density at radius 2 is 1.73 bits per heavy atom. The minimum absolute atomic E-state index is 0.0761. The molecule has 0 aromatic heterocycles. The lowest BCUT2D eigenvalue weighted by Crippen LogP contribution is -1.94. The van der Waals surface area contributed by atoms with Gasteiger partial charge in [0.25, 0.3) is 0 Å². The number of halogens is 2. The number of alkyl halides is 1. The molecule has 0 fully saturated rings. The zero-order valence-electron chi connectivity index (χ0n) is 12.1. The van der Waals surface area contributed by atoms with E-state index in [9.17, 15) is 13.6 Å². The molecule has 0 atom stereocenters. The number of Topliss-reactive ketones (excluding diaryl/α,β-unsaturated/α-hetero) is 1. The highest BCUT2D eigenvalue weighted by Gasteiger charge is 2.10. The smallest absolute Gasteiger partial charge is 0.159 e. The highest BCUT2D eigenvalue weighted by molar-refractivity contribution is 6.04. The summed E-state index contributed by atoms with van der Waals surface area (Å²) in [5.41, 5.74) is 2.84. The van der Waals surface area contributed by atoms with Crippen LogP contribution in [-0.4, -0.2) is 5.78 Å². The molecule has 0 bridgehead atoms. The fourth-order valence-electron chi connectivity index (χ4n) is 2.56. The van der Waals surface area contributed by atoms with Crippen LogP contribution in [0.15, 0.2) is 54.6 Å². The summed E-state index contributed by atoms with van der Waals surface area (Å²) in [5, 5.41) is 1.54. The van der Waals surface area contributed by atoms with Crippen LogP contribution in [0.3, 0.4) is 0 Å². The van der Waals surface area contributed by atoms with E-state index in [4.69, 9.17) is 0 Å². The summed E-state index contributed by atoms with van der Waals surface area (Å²) < 4.78 is 26.1. The monoisotopic (exact) mass is 296 g/mol. The van der Waals surface area contributed by atoms with Gasteiger partial charge in [-0.25, -0.2) is 8.78 Å². The van der Waals surface area contributed by atoms with E-state index in [-0.39, 0.29) is 11.6 Å². The van der Waals surface area contributed by atoms with Crippen LogP contribution in [0.1, 0.15) is 22.8 Å². The van der Waals surface area contributed by atoms with Crippen LogP contribution >= 0.6 is 0 Å². The summed E-state index contributed by atoms with van der Waals surface area (Å²) in [7, 11) is 0. The average Bonchev–Trinajstić information content (AvgIpc) is 2.53. The quantitative estimate of drug-likeness (QED) is 0.598. The summed E-state index contributed by atoms with van der Waals surface area (Å²) in [6.45, 7) is 0.968. The molecule has 3 aromatic carbocycles. The van der Waals surface area contributed by atoms with Crippen LogP contribution < -0.4 is 0 Å². The normalized spacial score (nSPS) is 10.9. The third-order valence-corrected chi connectivity index (χ3v) is 3.74. The van der Waals surface area contributed by atoms with Gasteiger partial charge in [-0.3, -0.25) is 4.79 Å². The topological polar surface area (TPSA) is 17.1 Å². The number of rotatable bonds is 3. The van der Waals surface area contributed by atoms with Crippen molar-refractivity contribution in [1.82, 2.24) is 0 Å². The van der Waals surface area contributed by atoms with Crippen LogP contribution in [0.5, 0.6) is 0 Å². The summed E-state index contributed by atoms with van der Waals surface area (Å²) in [6.07, 6.45) is 0. The zero-order valence-corrected chi connectivity index (χ0v) is 12.1. The van der Waals surface area contributed by atoms with E-state index in [0.29, 0.717) is 16.5 Å². The lowest BCUT2D eigenvalue weighted by atomic mass is 9.94. The minimum atomic E-state index is -0.514. The standard InChI is InChI=1S/C19H14F2O/c1-12(22)15-8-16-9-17(21)6-7-18(16)19(10-15)14-4-2-13(11-20)3-5-14/h2-10H,11H2,1H3. The zero-order chi connectivity index (χ0) is 15.7. The molecule has 0 heterocycles. The molecule has 0 saturated carbocycles. The van der Waals surface area contributed by atoms with Gasteiger partial charge in [0.15, 0.2) is 5.78 Å². The Morgan fingerprint density at radius 3 is 2.36 bits per heavy atom. The Balaban J connectivity index is 2.27. The van der Waals surface area contributed by atoms with Crippen molar-refractivity contribution in [3.8, 4) is 11.1 Å². The molecule has 0 aliphatic heterocycles.